The normalized spacial score (nSPS) is 11.6. The fourth-order valence-electron chi connectivity index (χ4n) is 4.99. The van der Waals surface area contributed by atoms with Crippen molar-refractivity contribution in [3.63, 3.8) is 0 Å². The predicted octanol–water partition coefficient (Wildman–Crippen LogP) is 4.21. The Morgan fingerprint density at radius 2 is 1.39 bits per heavy atom. The van der Waals surface area contributed by atoms with E-state index in [9.17, 15) is 19.5 Å². The molecule has 0 bridgehead atoms. The van der Waals surface area contributed by atoms with Gasteiger partial charge in [-0.05, 0) is 73.0 Å². The first-order valence-electron chi connectivity index (χ1n) is 14.7. The summed E-state index contributed by atoms with van der Waals surface area (Å²) in [6.07, 6.45) is 1.46. The van der Waals surface area contributed by atoms with E-state index in [0.29, 0.717) is 30.0 Å². The van der Waals surface area contributed by atoms with E-state index in [1.54, 1.807) is 24.4 Å². The standard InChI is InChI=1S/C34H38N6O6/c1-21-25(6-4-8-27(21)38-32(43)29-12-10-23(18-36-29)20-40(3)15-17-42)26-7-5-9-28(22(26)2)39-33(44)30-13-11-24(19-37-30)31(14-16-41)46-34(35)45/h4-13,18-19,31,41-42H,14-17,20H2,1-3H3,(H2,35,45)(H,38,43)(H,39,44). The molecule has 0 saturated carbocycles. The van der Waals surface area contributed by atoms with E-state index in [2.05, 4.69) is 20.6 Å². The number of nitrogens with zero attached hydrogens (tertiary/aromatic N) is 3. The molecule has 3 amide bonds. The third-order valence-corrected chi connectivity index (χ3v) is 7.49. The molecule has 2 aromatic carbocycles. The molecule has 0 radical (unpaired) electrons. The highest BCUT2D eigenvalue weighted by Crippen LogP contribution is 2.34. The van der Waals surface area contributed by atoms with E-state index in [4.69, 9.17) is 15.6 Å². The maximum Gasteiger partial charge on any atom is 0.405 e. The zero-order chi connectivity index (χ0) is 33.2. The Kier molecular flexibility index (Phi) is 11.5. The summed E-state index contributed by atoms with van der Waals surface area (Å²) in [6.45, 7) is 4.82. The summed E-state index contributed by atoms with van der Waals surface area (Å²) in [4.78, 5) is 47.9. The smallest absolute Gasteiger partial charge is 0.405 e. The molecule has 0 aliphatic rings. The van der Waals surface area contributed by atoms with Gasteiger partial charge >= 0.3 is 6.09 Å². The summed E-state index contributed by atoms with van der Waals surface area (Å²) in [6, 6.07) is 17.8. The SMILES string of the molecule is Cc1c(NC(=O)c2ccc(CN(C)CCO)cn2)cccc1-c1cccc(NC(=O)c2ccc(C(CCO)OC(N)=O)cn2)c1C. The largest absolute Gasteiger partial charge is 0.441 e. The lowest BCUT2D eigenvalue weighted by Crippen LogP contribution is -2.21. The lowest BCUT2D eigenvalue weighted by atomic mass is 9.94. The summed E-state index contributed by atoms with van der Waals surface area (Å²) >= 11 is 0. The Hall–Kier alpha value is -5.17. The lowest BCUT2D eigenvalue weighted by Gasteiger charge is -2.17. The second-order valence-corrected chi connectivity index (χ2v) is 10.8. The van der Waals surface area contributed by atoms with Crippen LogP contribution in [-0.2, 0) is 11.3 Å². The average molecular weight is 627 g/mol. The van der Waals surface area contributed by atoms with Crippen LogP contribution < -0.4 is 16.4 Å². The second-order valence-electron chi connectivity index (χ2n) is 10.8. The van der Waals surface area contributed by atoms with Gasteiger partial charge < -0.3 is 31.3 Å². The van der Waals surface area contributed by atoms with Crippen LogP contribution in [0.2, 0.25) is 0 Å². The number of hydrogen-bond acceptors (Lipinski definition) is 9. The number of carbonyl (C=O) groups is 3. The van der Waals surface area contributed by atoms with Gasteiger partial charge in [-0.1, -0.05) is 36.4 Å². The number of anilines is 2. The van der Waals surface area contributed by atoms with Crippen molar-refractivity contribution in [3.05, 3.63) is 107 Å². The monoisotopic (exact) mass is 626 g/mol. The van der Waals surface area contributed by atoms with Crippen molar-refractivity contribution >= 4 is 29.3 Å². The summed E-state index contributed by atoms with van der Waals surface area (Å²) < 4.78 is 5.03. The molecule has 240 valence electrons. The molecule has 0 aliphatic heterocycles. The van der Waals surface area contributed by atoms with E-state index < -0.39 is 18.1 Å². The zero-order valence-electron chi connectivity index (χ0n) is 26.0. The van der Waals surface area contributed by atoms with Crippen molar-refractivity contribution in [3.8, 4) is 11.1 Å². The number of nitrogens with one attached hydrogen (secondary N) is 2. The number of aliphatic hydroxyl groups is 2. The van der Waals surface area contributed by atoms with Gasteiger partial charge in [-0.2, -0.15) is 0 Å². The molecular weight excluding hydrogens is 588 g/mol. The first-order valence-corrected chi connectivity index (χ1v) is 14.7. The average Bonchev–Trinajstić information content (AvgIpc) is 3.03. The fraction of sp³-hybridized carbons (Fsp3) is 0.265. The molecule has 0 saturated heterocycles. The Morgan fingerprint density at radius 1 is 0.826 bits per heavy atom. The molecule has 2 heterocycles. The number of aromatic nitrogens is 2. The van der Waals surface area contributed by atoms with Crippen molar-refractivity contribution in [2.45, 2.75) is 32.9 Å². The topological polar surface area (TPSA) is 180 Å². The van der Waals surface area contributed by atoms with E-state index in [0.717, 1.165) is 27.8 Å². The first-order chi connectivity index (χ1) is 22.1. The molecule has 1 atom stereocenters. The van der Waals surface area contributed by atoms with E-state index in [-0.39, 0.29) is 36.9 Å². The molecule has 12 heteroatoms. The van der Waals surface area contributed by atoms with Crippen molar-refractivity contribution in [1.29, 1.82) is 0 Å². The van der Waals surface area contributed by atoms with Crippen LogP contribution >= 0.6 is 0 Å². The number of nitrogens with two attached hydrogens (primary N) is 1. The summed E-state index contributed by atoms with van der Waals surface area (Å²) in [5.74, 6) is -0.770. The Balaban J connectivity index is 1.48. The number of ether oxygens (including phenoxy) is 1. The Bertz CT molecular complexity index is 1680. The minimum atomic E-state index is -0.972. The van der Waals surface area contributed by atoms with Crippen molar-refractivity contribution < 1.29 is 29.3 Å². The molecule has 2 aromatic heterocycles. The number of hydrogen-bond donors (Lipinski definition) is 5. The van der Waals surface area contributed by atoms with Gasteiger partial charge in [0.15, 0.2) is 0 Å². The number of amides is 3. The minimum Gasteiger partial charge on any atom is -0.441 e. The van der Waals surface area contributed by atoms with E-state index in [1.165, 1.54) is 12.3 Å². The number of aliphatic hydroxyl groups excluding tert-OH is 2. The fourth-order valence-corrected chi connectivity index (χ4v) is 4.99. The van der Waals surface area contributed by atoms with Crippen molar-refractivity contribution in [1.82, 2.24) is 14.9 Å². The van der Waals surface area contributed by atoms with Gasteiger partial charge in [-0.25, -0.2) is 4.79 Å². The molecule has 0 aliphatic carbocycles. The molecule has 0 spiro atoms. The summed E-state index contributed by atoms with van der Waals surface area (Å²) in [5, 5.41) is 24.2. The van der Waals surface area contributed by atoms with Crippen LogP contribution in [0.25, 0.3) is 11.1 Å². The molecule has 46 heavy (non-hydrogen) atoms. The highest BCUT2D eigenvalue weighted by molar-refractivity contribution is 6.05. The number of likely N-dealkylation sites (N-methyl/N-ethyl adjacent to an activating group) is 1. The van der Waals surface area contributed by atoms with Crippen LogP contribution in [-0.4, -0.2) is 69.8 Å². The first kappa shape index (κ1) is 33.7. The van der Waals surface area contributed by atoms with Gasteiger partial charge in [0, 0.05) is 55.4 Å². The lowest BCUT2D eigenvalue weighted by molar-refractivity contribution is 0.0872. The zero-order valence-corrected chi connectivity index (χ0v) is 26.0. The van der Waals surface area contributed by atoms with Crippen molar-refractivity contribution in [2.75, 3.05) is 37.4 Å². The van der Waals surface area contributed by atoms with Crippen LogP contribution in [0.5, 0.6) is 0 Å². The van der Waals surface area contributed by atoms with Gasteiger partial charge in [-0.15, -0.1) is 0 Å². The highest BCUT2D eigenvalue weighted by Gasteiger charge is 2.18. The quantitative estimate of drug-likeness (QED) is 0.145. The van der Waals surface area contributed by atoms with E-state index >= 15 is 0 Å². The predicted molar refractivity (Wildman–Crippen MR) is 174 cm³/mol. The number of pyridine rings is 2. The minimum absolute atomic E-state index is 0.0685. The van der Waals surface area contributed by atoms with Gasteiger partial charge in [0.1, 0.15) is 17.5 Å². The maximum atomic E-state index is 13.1. The highest BCUT2D eigenvalue weighted by atomic mass is 16.6. The third kappa shape index (κ3) is 8.51. The molecule has 1 unspecified atom stereocenters. The van der Waals surface area contributed by atoms with Gasteiger partial charge in [-0.3, -0.25) is 24.5 Å². The maximum absolute atomic E-state index is 13.1. The Labute approximate surface area is 267 Å². The molecule has 4 aromatic rings. The van der Waals surface area contributed by atoms with Crippen LogP contribution in [0.4, 0.5) is 16.2 Å². The summed E-state index contributed by atoms with van der Waals surface area (Å²) in [7, 11) is 1.90. The van der Waals surface area contributed by atoms with Crippen LogP contribution in [0.3, 0.4) is 0 Å². The molecule has 12 nitrogen and oxygen atoms in total. The van der Waals surface area contributed by atoms with E-state index in [1.807, 2.05) is 62.2 Å². The molecule has 4 rings (SSSR count). The summed E-state index contributed by atoms with van der Waals surface area (Å²) in [5.41, 5.74) is 11.6. The molecule has 0 fully saturated rings. The van der Waals surface area contributed by atoms with Gasteiger partial charge in [0.05, 0.1) is 6.61 Å². The Morgan fingerprint density at radius 3 is 1.85 bits per heavy atom. The molecule has 6 N–H and O–H groups in total. The molecular formula is C34H38N6O6. The van der Waals surface area contributed by atoms with Crippen LogP contribution in [0.15, 0.2) is 73.1 Å². The van der Waals surface area contributed by atoms with Crippen molar-refractivity contribution in [2.24, 2.45) is 5.73 Å². The second kappa shape index (κ2) is 15.7. The van der Waals surface area contributed by atoms with Crippen LogP contribution in [0, 0.1) is 13.8 Å². The number of carbonyl (C=O) groups excluding carboxylic acids is 3. The number of primary amides is 1. The number of benzene rings is 2. The van der Waals surface area contributed by atoms with Gasteiger partial charge in [0.2, 0.25) is 0 Å². The van der Waals surface area contributed by atoms with Gasteiger partial charge in [0.25, 0.3) is 11.8 Å². The van der Waals surface area contributed by atoms with Crippen LogP contribution in [0.1, 0.15) is 55.8 Å². The number of rotatable bonds is 13. The third-order valence-electron chi connectivity index (χ3n) is 7.49.